The maximum Gasteiger partial charge on any atom is 0.344 e. The van der Waals surface area contributed by atoms with Crippen LogP contribution in [0, 0.1) is 11.3 Å². The molecule has 1 saturated heterocycles. The fourth-order valence-corrected chi connectivity index (χ4v) is 2.93. The molecule has 2 aromatic rings. The third kappa shape index (κ3) is 4.71. The molecular formula is C21H20N4O4. The number of amides is 4. The Bertz CT molecular complexity index is 953. The molecule has 0 spiro atoms. The Balaban J connectivity index is 1.54. The summed E-state index contributed by atoms with van der Waals surface area (Å²) >= 11 is 0. The highest BCUT2D eigenvalue weighted by Gasteiger charge is 2.48. The monoisotopic (exact) mass is 392 g/mol. The molecule has 1 heterocycles. The van der Waals surface area contributed by atoms with Crippen LogP contribution in [0.25, 0.3) is 0 Å². The van der Waals surface area contributed by atoms with E-state index in [1.54, 1.807) is 31.2 Å². The lowest BCUT2D eigenvalue weighted by atomic mass is 9.93. The second-order valence-corrected chi connectivity index (χ2v) is 6.85. The number of nitrogens with one attached hydrogen (secondary N) is 2. The van der Waals surface area contributed by atoms with Gasteiger partial charge >= 0.3 is 6.03 Å². The smallest absolute Gasteiger partial charge is 0.344 e. The summed E-state index contributed by atoms with van der Waals surface area (Å²) in [6.45, 7) is 1.25. The van der Waals surface area contributed by atoms with Crippen LogP contribution in [0.2, 0.25) is 0 Å². The third-order valence-electron chi connectivity index (χ3n) is 4.61. The van der Waals surface area contributed by atoms with E-state index in [2.05, 4.69) is 10.7 Å². The molecule has 1 aliphatic rings. The second kappa shape index (κ2) is 8.44. The Hall–Kier alpha value is -3.86. The van der Waals surface area contributed by atoms with E-state index < -0.39 is 23.4 Å². The molecule has 0 aliphatic carbocycles. The zero-order chi connectivity index (χ0) is 20.9. The number of nitrogens with zero attached hydrogens (tertiary/aromatic N) is 2. The number of hydrazine groups is 1. The molecule has 8 heteroatoms. The quantitative estimate of drug-likeness (QED) is 0.699. The number of nitriles is 1. The van der Waals surface area contributed by atoms with Gasteiger partial charge in [0.05, 0.1) is 11.6 Å². The van der Waals surface area contributed by atoms with Crippen LogP contribution in [0.15, 0.2) is 54.6 Å². The van der Waals surface area contributed by atoms with Crippen LogP contribution >= 0.6 is 0 Å². The highest BCUT2D eigenvalue weighted by atomic mass is 16.5. The summed E-state index contributed by atoms with van der Waals surface area (Å²) in [5.74, 6) is -0.778. The number of carbonyl (C=O) groups excluding carboxylic acids is 3. The first-order chi connectivity index (χ1) is 13.9. The van der Waals surface area contributed by atoms with Gasteiger partial charge in [-0.3, -0.25) is 15.0 Å². The van der Waals surface area contributed by atoms with Crippen molar-refractivity contribution < 1.29 is 19.1 Å². The Morgan fingerprint density at radius 3 is 2.52 bits per heavy atom. The van der Waals surface area contributed by atoms with Crippen LogP contribution in [0.1, 0.15) is 24.5 Å². The van der Waals surface area contributed by atoms with Crippen molar-refractivity contribution in [3.05, 3.63) is 65.7 Å². The number of hydrogen-bond acceptors (Lipinski definition) is 5. The van der Waals surface area contributed by atoms with Crippen molar-refractivity contribution in [1.29, 1.82) is 5.26 Å². The number of aryl methyl sites for hydroxylation is 1. The van der Waals surface area contributed by atoms with Gasteiger partial charge in [-0.15, -0.1) is 0 Å². The molecule has 1 aliphatic heterocycles. The number of ether oxygens (including phenoxy) is 1. The average Bonchev–Trinajstić information content (AvgIpc) is 2.95. The Labute approximate surface area is 168 Å². The minimum absolute atomic E-state index is 0.385. The lowest BCUT2D eigenvalue weighted by Gasteiger charge is -2.21. The highest BCUT2D eigenvalue weighted by Crippen LogP contribution is 2.22. The summed E-state index contributed by atoms with van der Waals surface area (Å²) < 4.78 is 5.31. The summed E-state index contributed by atoms with van der Waals surface area (Å²) in [7, 11) is 0. The normalized spacial score (nSPS) is 18.1. The van der Waals surface area contributed by atoms with Gasteiger partial charge in [0.15, 0.2) is 6.61 Å². The average molecular weight is 392 g/mol. The van der Waals surface area contributed by atoms with Crippen molar-refractivity contribution in [1.82, 2.24) is 15.8 Å². The van der Waals surface area contributed by atoms with Gasteiger partial charge < -0.3 is 10.1 Å². The summed E-state index contributed by atoms with van der Waals surface area (Å²) in [5, 5.41) is 12.1. The molecule has 148 valence electrons. The molecule has 0 unspecified atom stereocenters. The van der Waals surface area contributed by atoms with E-state index in [1.165, 1.54) is 0 Å². The van der Waals surface area contributed by atoms with Gasteiger partial charge in [0, 0.05) is 0 Å². The number of urea groups is 1. The van der Waals surface area contributed by atoms with Crippen LogP contribution in [0.5, 0.6) is 5.75 Å². The molecule has 0 saturated carbocycles. The number of rotatable bonds is 7. The van der Waals surface area contributed by atoms with Crippen LogP contribution in [-0.4, -0.2) is 35.0 Å². The van der Waals surface area contributed by atoms with Crippen molar-refractivity contribution in [2.24, 2.45) is 0 Å². The maximum absolute atomic E-state index is 12.7. The van der Waals surface area contributed by atoms with Gasteiger partial charge in [-0.05, 0) is 49.6 Å². The zero-order valence-electron chi connectivity index (χ0n) is 15.8. The Morgan fingerprint density at radius 2 is 1.86 bits per heavy atom. The van der Waals surface area contributed by atoms with E-state index in [9.17, 15) is 14.4 Å². The standard InChI is InChI=1S/C21H20N4O4/c1-21(12-11-15-5-3-2-4-6-15)19(27)25(20(28)23-21)24-18(26)14-29-17-9-7-16(13-22)8-10-17/h2-10H,11-12,14H2,1H3,(H,23,28)(H,24,26)/t21-/m0/s1. The molecule has 0 bridgehead atoms. The molecule has 2 N–H and O–H groups in total. The molecule has 1 atom stereocenters. The van der Waals surface area contributed by atoms with Crippen LogP contribution in [0.4, 0.5) is 4.79 Å². The minimum Gasteiger partial charge on any atom is -0.484 e. The summed E-state index contributed by atoms with van der Waals surface area (Å²) in [4.78, 5) is 37.0. The first-order valence-electron chi connectivity index (χ1n) is 9.04. The van der Waals surface area contributed by atoms with Gasteiger partial charge in [-0.1, -0.05) is 30.3 Å². The Morgan fingerprint density at radius 1 is 1.17 bits per heavy atom. The van der Waals surface area contributed by atoms with Gasteiger partial charge in [0.2, 0.25) is 0 Å². The van der Waals surface area contributed by atoms with Crippen molar-refractivity contribution in [2.75, 3.05) is 6.61 Å². The number of carbonyl (C=O) groups is 3. The predicted molar refractivity (Wildman–Crippen MR) is 103 cm³/mol. The summed E-state index contributed by atoms with van der Waals surface area (Å²) in [6, 6.07) is 17.2. The first-order valence-corrected chi connectivity index (χ1v) is 9.04. The summed E-state index contributed by atoms with van der Waals surface area (Å²) in [5.41, 5.74) is 2.70. The Kier molecular flexibility index (Phi) is 5.79. The number of hydrogen-bond donors (Lipinski definition) is 2. The van der Waals surface area contributed by atoms with Crippen LogP contribution in [0.3, 0.4) is 0 Å². The molecule has 2 aromatic carbocycles. The molecule has 0 radical (unpaired) electrons. The molecule has 29 heavy (non-hydrogen) atoms. The van der Waals surface area contributed by atoms with Gasteiger partial charge in [-0.25, -0.2) is 4.79 Å². The predicted octanol–water partition coefficient (Wildman–Crippen LogP) is 1.91. The van der Waals surface area contributed by atoms with E-state index in [0.717, 1.165) is 5.56 Å². The largest absolute Gasteiger partial charge is 0.484 e. The fourth-order valence-electron chi connectivity index (χ4n) is 2.93. The van der Waals surface area contributed by atoms with E-state index in [4.69, 9.17) is 10.00 Å². The molecule has 8 nitrogen and oxygen atoms in total. The molecule has 0 aromatic heterocycles. The molecule has 1 fully saturated rings. The van der Waals surface area contributed by atoms with Crippen molar-refractivity contribution in [3.63, 3.8) is 0 Å². The van der Waals surface area contributed by atoms with Crippen molar-refractivity contribution >= 4 is 17.8 Å². The summed E-state index contributed by atoms with van der Waals surface area (Å²) in [6.07, 6.45) is 1.00. The molecular weight excluding hydrogens is 372 g/mol. The SMILES string of the molecule is C[C@@]1(CCc2ccccc2)NC(=O)N(NC(=O)COc2ccc(C#N)cc2)C1=O. The van der Waals surface area contributed by atoms with Crippen LogP contribution in [-0.2, 0) is 16.0 Å². The molecule has 3 rings (SSSR count). The van der Waals surface area contributed by atoms with E-state index >= 15 is 0 Å². The maximum atomic E-state index is 12.7. The lowest BCUT2D eigenvalue weighted by molar-refractivity contribution is -0.139. The van der Waals surface area contributed by atoms with Gasteiger partial charge in [-0.2, -0.15) is 10.3 Å². The van der Waals surface area contributed by atoms with E-state index in [0.29, 0.717) is 29.2 Å². The third-order valence-corrected chi connectivity index (χ3v) is 4.61. The van der Waals surface area contributed by atoms with Gasteiger partial charge in [0.1, 0.15) is 11.3 Å². The minimum atomic E-state index is -1.10. The van der Waals surface area contributed by atoms with Crippen molar-refractivity contribution in [2.45, 2.75) is 25.3 Å². The van der Waals surface area contributed by atoms with E-state index in [1.807, 2.05) is 36.4 Å². The van der Waals surface area contributed by atoms with Gasteiger partial charge in [0.25, 0.3) is 11.8 Å². The van der Waals surface area contributed by atoms with E-state index in [-0.39, 0.29) is 6.61 Å². The number of benzene rings is 2. The molecule has 4 amide bonds. The second-order valence-electron chi connectivity index (χ2n) is 6.85. The van der Waals surface area contributed by atoms with Crippen molar-refractivity contribution in [3.8, 4) is 11.8 Å². The fraction of sp³-hybridized carbons (Fsp3) is 0.238. The van der Waals surface area contributed by atoms with Crippen LogP contribution < -0.4 is 15.5 Å². The zero-order valence-corrected chi connectivity index (χ0v) is 15.8. The topological polar surface area (TPSA) is 112 Å². The lowest BCUT2D eigenvalue weighted by Crippen LogP contribution is -2.50. The highest BCUT2D eigenvalue weighted by molar-refractivity contribution is 6.07. The first kappa shape index (κ1) is 19.9. The number of imide groups is 1.